The molecule has 0 bridgehead atoms. The Bertz CT molecular complexity index is 511. The van der Waals surface area contributed by atoms with Gasteiger partial charge in [0.1, 0.15) is 17.6 Å². The van der Waals surface area contributed by atoms with Gasteiger partial charge >= 0.3 is 6.18 Å². The summed E-state index contributed by atoms with van der Waals surface area (Å²) in [5, 5.41) is 11.4. The molecular formula is C11H12F3N3OS. The van der Waals surface area contributed by atoms with Crippen LogP contribution in [0.5, 0.6) is 0 Å². The van der Waals surface area contributed by atoms with E-state index in [1.165, 1.54) is 0 Å². The fourth-order valence-corrected chi connectivity index (χ4v) is 1.89. The molecule has 1 N–H and O–H groups in total. The van der Waals surface area contributed by atoms with Crippen LogP contribution in [0, 0.1) is 11.3 Å². The Balaban J connectivity index is 2.86. The Kier molecular flexibility index (Phi) is 5.30. The topological polar surface area (TPSA) is 65.8 Å². The minimum Gasteiger partial charge on any atom is -0.368 e. The van der Waals surface area contributed by atoms with Gasteiger partial charge in [0.15, 0.2) is 0 Å². The van der Waals surface area contributed by atoms with Crippen molar-refractivity contribution in [3.05, 3.63) is 23.4 Å². The molecule has 0 aliphatic rings. The van der Waals surface area contributed by atoms with E-state index in [0.29, 0.717) is 11.5 Å². The molecule has 0 saturated heterocycles. The first-order chi connectivity index (χ1) is 8.88. The van der Waals surface area contributed by atoms with Gasteiger partial charge in [-0.3, -0.25) is 4.21 Å². The maximum Gasteiger partial charge on any atom is 0.433 e. The van der Waals surface area contributed by atoms with Crippen molar-refractivity contribution in [2.75, 3.05) is 23.4 Å². The van der Waals surface area contributed by atoms with E-state index in [4.69, 9.17) is 5.26 Å². The van der Waals surface area contributed by atoms with Gasteiger partial charge in [0, 0.05) is 28.9 Å². The molecule has 1 aromatic heterocycles. The van der Waals surface area contributed by atoms with Crippen LogP contribution in [0.3, 0.4) is 0 Å². The molecule has 1 atom stereocenters. The fraction of sp³-hybridized carbons (Fsp3) is 0.455. The molecule has 1 rings (SSSR count). The molecule has 0 radical (unpaired) electrons. The third-order valence-corrected chi connectivity index (χ3v) is 3.55. The molecule has 19 heavy (non-hydrogen) atoms. The van der Waals surface area contributed by atoms with Crippen molar-refractivity contribution in [3.8, 4) is 6.07 Å². The zero-order chi connectivity index (χ0) is 14.5. The Hall–Kier alpha value is -1.62. The molecule has 0 amide bonds. The Morgan fingerprint density at radius 3 is 2.68 bits per heavy atom. The van der Waals surface area contributed by atoms with Crippen LogP contribution >= 0.6 is 0 Å². The van der Waals surface area contributed by atoms with Crippen LogP contribution in [0.1, 0.15) is 18.2 Å². The van der Waals surface area contributed by atoms with Crippen LogP contribution in [0.15, 0.2) is 12.1 Å². The molecule has 1 aromatic rings. The van der Waals surface area contributed by atoms with Crippen LogP contribution in [0.2, 0.25) is 0 Å². The van der Waals surface area contributed by atoms with Crippen LogP contribution < -0.4 is 5.32 Å². The number of rotatable bonds is 5. The van der Waals surface area contributed by atoms with Gasteiger partial charge in [0.05, 0.1) is 5.56 Å². The van der Waals surface area contributed by atoms with Gasteiger partial charge in [0.2, 0.25) is 0 Å². The number of alkyl halides is 3. The number of anilines is 1. The summed E-state index contributed by atoms with van der Waals surface area (Å²) in [7, 11) is -1.03. The average Bonchev–Trinajstić information content (AvgIpc) is 2.37. The van der Waals surface area contributed by atoms with Crippen LogP contribution in [-0.4, -0.2) is 27.2 Å². The molecule has 1 unspecified atom stereocenters. The van der Waals surface area contributed by atoms with E-state index in [1.807, 2.05) is 0 Å². The van der Waals surface area contributed by atoms with Crippen LogP contribution in [0.25, 0.3) is 0 Å². The summed E-state index contributed by atoms with van der Waals surface area (Å²) < 4.78 is 48.6. The first-order valence-electron chi connectivity index (χ1n) is 5.45. The summed E-state index contributed by atoms with van der Waals surface area (Å²) in [6.07, 6.45) is -4.56. The highest BCUT2D eigenvalue weighted by molar-refractivity contribution is 7.84. The third kappa shape index (κ3) is 4.52. The van der Waals surface area contributed by atoms with Crippen molar-refractivity contribution in [1.29, 1.82) is 5.26 Å². The normalized spacial score (nSPS) is 12.8. The lowest BCUT2D eigenvalue weighted by atomic mass is 10.2. The molecule has 0 aromatic carbocycles. The number of aromatic nitrogens is 1. The number of pyridine rings is 1. The SMILES string of the molecule is CCS(=O)CCNc1nc(C(F)(F)F)ccc1C#N. The lowest BCUT2D eigenvalue weighted by molar-refractivity contribution is -0.141. The summed E-state index contributed by atoms with van der Waals surface area (Å²) >= 11 is 0. The summed E-state index contributed by atoms with van der Waals surface area (Å²) in [5.74, 6) is 0.632. The Morgan fingerprint density at radius 2 is 2.16 bits per heavy atom. The molecular weight excluding hydrogens is 279 g/mol. The second kappa shape index (κ2) is 6.52. The minimum atomic E-state index is -4.56. The standard InChI is InChI=1S/C11H12F3N3OS/c1-2-19(18)6-5-16-10-8(7-15)3-4-9(17-10)11(12,13)14/h3-4H,2,5-6H2,1H3,(H,16,17). The van der Waals surface area contributed by atoms with Gasteiger partial charge < -0.3 is 5.32 Å². The summed E-state index contributed by atoms with van der Waals surface area (Å²) in [4.78, 5) is 3.38. The van der Waals surface area contributed by atoms with Crippen molar-refractivity contribution >= 4 is 16.6 Å². The van der Waals surface area contributed by atoms with Crippen molar-refractivity contribution in [2.45, 2.75) is 13.1 Å². The lowest BCUT2D eigenvalue weighted by Crippen LogP contribution is -2.16. The van der Waals surface area contributed by atoms with Gasteiger partial charge in [-0.05, 0) is 12.1 Å². The first kappa shape index (κ1) is 15.4. The monoisotopic (exact) mass is 291 g/mol. The number of halogens is 3. The zero-order valence-corrected chi connectivity index (χ0v) is 10.9. The molecule has 104 valence electrons. The molecule has 0 fully saturated rings. The summed E-state index contributed by atoms with van der Waals surface area (Å²) in [6, 6.07) is 3.58. The molecule has 0 aliphatic carbocycles. The number of nitrogens with one attached hydrogen (secondary N) is 1. The highest BCUT2D eigenvalue weighted by Crippen LogP contribution is 2.29. The molecule has 8 heteroatoms. The second-order valence-electron chi connectivity index (χ2n) is 3.56. The second-order valence-corrected chi connectivity index (χ2v) is 5.43. The fourth-order valence-electron chi connectivity index (χ4n) is 1.27. The average molecular weight is 291 g/mol. The van der Waals surface area contributed by atoms with E-state index in [9.17, 15) is 17.4 Å². The predicted molar refractivity (Wildman–Crippen MR) is 66.0 cm³/mol. The predicted octanol–water partition coefficient (Wildman–Crippen LogP) is 2.15. The lowest BCUT2D eigenvalue weighted by Gasteiger charge is -2.10. The molecule has 4 nitrogen and oxygen atoms in total. The van der Waals surface area contributed by atoms with E-state index < -0.39 is 22.7 Å². The molecule has 0 aliphatic heterocycles. The van der Waals surface area contributed by atoms with Gasteiger partial charge in [-0.2, -0.15) is 18.4 Å². The number of nitrogens with zero attached hydrogens (tertiary/aromatic N) is 2. The van der Waals surface area contributed by atoms with Gasteiger partial charge in [0.25, 0.3) is 0 Å². The maximum absolute atomic E-state index is 12.5. The van der Waals surface area contributed by atoms with Gasteiger partial charge in [-0.1, -0.05) is 6.92 Å². The van der Waals surface area contributed by atoms with E-state index in [1.54, 1.807) is 13.0 Å². The number of nitriles is 1. The van der Waals surface area contributed by atoms with Gasteiger partial charge in [-0.25, -0.2) is 4.98 Å². The van der Waals surface area contributed by atoms with Crippen molar-refractivity contribution in [3.63, 3.8) is 0 Å². The van der Waals surface area contributed by atoms with Gasteiger partial charge in [-0.15, -0.1) is 0 Å². The molecule has 1 heterocycles. The number of hydrogen-bond acceptors (Lipinski definition) is 4. The van der Waals surface area contributed by atoms with Crippen LogP contribution in [0.4, 0.5) is 19.0 Å². The first-order valence-corrected chi connectivity index (χ1v) is 6.94. The maximum atomic E-state index is 12.5. The van der Waals surface area contributed by atoms with E-state index in [-0.39, 0.29) is 17.9 Å². The highest BCUT2D eigenvalue weighted by atomic mass is 32.2. The summed E-state index contributed by atoms with van der Waals surface area (Å²) in [5.41, 5.74) is -1.04. The third-order valence-electron chi connectivity index (χ3n) is 2.25. The van der Waals surface area contributed by atoms with Crippen molar-refractivity contribution < 1.29 is 17.4 Å². The van der Waals surface area contributed by atoms with Crippen molar-refractivity contribution in [2.24, 2.45) is 0 Å². The summed E-state index contributed by atoms with van der Waals surface area (Å²) in [6.45, 7) is 1.95. The largest absolute Gasteiger partial charge is 0.433 e. The molecule has 0 spiro atoms. The molecule has 0 saturated carbocycles. The Morgan fingerprint density at radius 1 is 1.47 bits per heavy atom. The Labute approximate surface area is 111 Å². The van der Waals surface area contributed by atoms with E-state index >= 15 is 0 Å². The van der Waals surface area contributed by atoms with E-state index in [0.717, 1.165) is 12.1 Å². The zero-order valence-electron chi connectivity index (χ0n) is 10.1. The van der Waals surface area contributed by atoms with E-state index in [2.05, 4.69) is 10.3 Å². The highest BCUT2D eigenvalue weighted by Gasteiger charge is 2.33. The minimum absolute atomic E-state index is 0.0234. The van der Waals surface area contributed by atoms with Crippen molar-refractivity contribution in [1.82, 2.24) is 4.98 Å². The smallest absolute Gasteiger partial charge is 0.368 e. The van der Waals surface area contributed by atoms with Crippen LogP contribution in [-0.2, 0) is 17.0 Å². The number of hydrogen-bond donors (Lipinski definition) is 1. The quantitative estimate of drug-likeness (QED) is 0.902.